The fourth-order valence-electron chi connectivity index (χ4n) is 3.02. The molecule has 2 saturated carbocycles. The average molecular weight is 307 g/mol. The van der Waals surface area contributed by atoms with Gasteiger partial charge in [-0.2, -0.15) is 0 Å². The molecule has 2 fully saturated rings. The third kappa shape index (κ3) is 3.78. The number of benzene rings is 1. The van der Waals surface area contributed by atoms with Crippen LogP contribution in [0.15, 0.2) is 24.3 Å². The minimum atomic E-state index is 0.107. The molecule has 2 aliphatic carbocycles. The quantitative estimate of drug-likeness (QED) is 0.813. The largest absolute Gasteiger partial charge is 0.354 e. The molecule has 2 N–H and O–H groups in total. The van der Waals surface area contributed by atoms with Crippen LogP contribution in [0.5, 0.6) is 0 Å². The van der Waals surface area contributed by atoms with E-state index in [4.69, 9.17) is 11.6 Å². The summed E-state index contributed by atoms with van der Waals surface area (Å²) >= 11 is 5.96. The molecule has 0 unspecified atom stereocenters. The molecular weight excluding hydrogens is 284 g/mol. The van der Waals surface area contributed by atoms with Gasteiger partial charge in [-0.15, -0.1) is 0 Å². The molecule has 3 rings (SSSR count). The molecule has 21 heavy (non-hydrogen) atoms. The molecule has 0 aliphatic heterocycles. The van der Waals surface area contributed by atoms with Gasteiger partial charge in [-0.3, -0.25) is 4.79 Å². The lowest BCUT2D eigenvalue weighted by molar-refractivity contribution is -0.120. The molecule has 3 nitrogen and oxygen atoms in total. The normalized spacial score (nSPS) is 19.9. The van der Waals surface area contributed by atoms with E-state index in [0.717, 1.165) is 36.9 Å². The fraction of sp³-hybridized carbons (Fsp3) is 0.588. The number of rotatable bonds is 7. The van der Waals surface area contributed by atoms with E-state index >= 15 is 0 Å². The van der Waals surface area contributed by atoms with Gasteiger partial charge in [-0.25, -0.2) is 0 Å². The zero-order valence-corrected chi connectivity index (χ0v) is 13.1. The maximum absolute atomic E-state index is 11.9. The van der Waals surface area contributed by atoms with Crippen molar-refractivity contribution >= 4 is 17.5 Å². The zero-order valence-electron chi connectivity index (χ0n) is 12.3. The summed E-state index contributed by atoms with van der Waals surface area (Å²) in [5, 5.41) is 7.10. The molecule has 1 aromatic carbocycles. The second kappa shape index (κ2) is 6.37. The molecule has 0 aromatic heterocycles. The summed E-state index contributed by atoms with van der Waals surface area (Å²) in [4.78, 5) is 11.9. The van der Waals surface area contributed by atoms with Gasteiger partial charge in [-0.1, -0.05) is 30.2 Å². The second-order valence-corrected chi connectivity index (χ2v) is 6.93. The van der Waals surface area contributed by atoms with Crippen LogP contribution in [-0.2, 0) is 10.2 Å². The van der Waals surface area contributed by atoms with Gasteiger partial charge in [0.25, 0.3) is 0 Å². The summed E-state index contributed by atoms with van der Waals surface area (Å²) in [5.41, 5.74) is 1.42. The number of hydrogen-bond donors (Lipinski definition) is 2. The van der Waals surface area contributed by atoms with Crippen LogP contribution in [0.1, 0.15) is 37.7 Å². The van der Waals surface area contributed by atoms with Gasteiger partial charge in [0, 0.05) is 17.0 Å². The van der Waals surface area contributed by atoms with Crippen LogP contribution in [0.2, 0.25) is 5.02 Å². The third-order valence-corrected chi connectivity index (χ3v) is 5.06. The van der Waals surface area contributed by atoms with E-state index in [1.807, 2.05) is 12.1 Å². The van der Waals surface area contributed by atoms with Crippen molar-refractivity contribution < 1.29 is 4.79 Å². The van der Waals surface area contributed by atoms with E-state index in [1.165, 1.54) is 24.8 Å². The lowest BCUT2D eigenvalue weighted by Crippen LogP contribution is -2.47. The van der Waals surface area contributed by atoms with E-state index in [1.54, 1.807) is 0 Å². The minimum absolute atomic E-state index is 0.107. The fourth-order valence-corrected chi connectivity index (χ4v) is 3.14. The molecule has 0 heterocycles. The zero-order chi connectivity index (χ0) is 14.7. The SMILES string of the molecule is O=C(CNCC1CC1)NCC1(c2ccc(Cl)cc2)CCC1. The smallest absolute Gasteiger partial charge is 0.233 e. The highest BCUT2D eigenvalue weighted by atomic mass is 35.5. The molecule has 0 saturated heterocycles. The van der Waals surface area contributed by atoms with Gasteiger partial charge in [0.2, 0.25) is 5.91 Å². The summed E-state index contributed by atoms with van der Waals surface area (Å²) < 4.78 is 0. The number of hydrogen-bond acceptors (Lipinski definition) is 2. The highest BCUT2D eigenvalue weighted by Gasteiger charge is 2.38. The van der Waals surface area contributed by atoms with E-state index in [9.17, 15) is 4.79 Å². The van der Waals surface area contributed by atoms with Crippen molar-refractivity contribution in [1.29, 1.82) is 0 Å². The van der Waals surface area contributed by atoms with E-state index in [2.05, 4.69) is 22.8 Å². The van der Waals surface area contributed by atoms with Gasteiger partial charge in [0.05, 0.1) is 6.54 Å². The first kappa shape index (κ1) is 14.9. The van der Waals surface area contributed by atoms with Crippen molar-refractivity contribution in [2.24, 2.45) is 5.92 Å². The van der Waals surface area contributed by atoms with Crippen LogP contribution >= 0.6 is 11.6 Å². The van der Waals surface area contributed by atoms with Crippen molar-refractivity contribution in [2.75, 3.05) is 19.6 Å². The lowest BCUT2D eigenvalue weighted by Gasteiger charge is -2.42. The van der Waals surface area contributed by atoms with Crippen molar-refractivity contribution in [2.45, 2.75) is 37.5 Å². The molecular formula is C17H23ClN2O. The Morgan fingerprint density at radius 2 is 1.95 bits per heavy atom. The van der Waals surface area contributed by atoms with Crippen molar-refractivity contribution in [1.82, 2.24) is 10.6 Å². The Morgan fingerprint density at radius 1 is 1.24 bits per heavy atom. The standard InChI is InChI=1S/C17H23ClN2O/c18-15-6-4-14(5-7-15)17(8-1-9-17)12-20-16(21)11-19-10-13-2-3-13/h4-7,13,19H,1-3,8-12H2,(H,20,21). The van der Waals surface area contributed by atoms with E-state index in [0.29, 0.717) is 6.54 Å². The summed E-state index contributed by atoms with van der Waals surface area (Å²) in [6.07, 6.45) is 6.15. The number of halogens is 1. The molecule has 4 heteroatoms. The van der Waals surface area contributed by atoms with Crippen molar-refractivity contribution in [3.8, 4) is 0 Å². The first-order chi connectivity index (χ1) is 10.2. The van der Waals surface area contributed by atoms with Gasteiger partial charge in [0.15, 0.2) is 0 Å². The number of carbonyl (C=O) groups excluding carboxylic acids is 1. The number of carbonyl (C=O) groups is 1. The lowest BCUT2D eigenvalue weighted by atomic mass is 9.64. The molecule has 1 aromatic rings. The molecule has 1 amide bonds. The second-order valence-electron chi connectivity index (χ2n) is 6.49. The summed E-state index contributed by atoms with van der Waals surface area (Å²) in [6.45, 7) is 2.15. The Labute approximate surface area is 131 Å². The Balaban J connectivity index is 1.49. The Morgan fingerprint density at radius 3 is 2.52 bits per heavy atom. The third-order valence-electron chi connectivity index (χ3n) is 4.81. The Kier molecular flexibility index (Phi) is 4.51. The molecule has 2 aliphatic rings. The predicted molar refractivity (Wildman–Crippen MR) is 85.6 cm³/mol. The van der Waals surface area contributed by atoms with E-state index < -0.39 is 0 Å². The maximum atomic E-state index is 11.9. The molecule has 0 radical (unpaired) electrons. The van der Waals surface area contributed by atoms with Crippen molar-refractivity contribution in [3.63, 3.8) is 0 Å². The van der Waals surface area contributed by atoms with Gasteiger partial charge < -0.3 is 10.6 Å². The summed E-state index contributed by atoms with van der Waals surface area (Å²) in [6, 6.07) is 8.07. The highest BCUT2D eigenvalue weighted by molar-refractivity contribution is 6.30. The average Bonchev–Trinajstić information content (AvgIpc) is 3.23. The monoisotopic (exact) mass is 306 g/mol. The topological polar surface area (TPSA) is 41.1 Å². The van der Waals surface area contributed by atoms with Crippen LogP contribution < -0.4 is 10.6 Å². The van der Waals surface area contributed by atoms with Gasteiger partial charge >= 0.3 is 0 Å². The molecule has 114 valence electrons. The molecule has 0 spiro atoms. The molecule has 0 atom stereocenters. The van der Waals surface area contributed by atoms with Gasteiger partial charge in [-0.05, 0) is 55.8 Å². The Bertz CT molecular complexity index is 492. The van der Waals surface area contributed by atoms with E-state index in [-0.39, 0.29) is 11.3 Å². The summed E-state index contributed by atoms with van der Waals surface area (Å²) in [7, 11) is 0. The van der Waals surface area contributed by atoms with Crippen LogP contribution in [-0.4, -0.2) is 25.5 Å². The summed E-state index contributed by atoms with van der Waals surface area (Å²) in [5.74, 6) is 0.917. The van der Waals surface area contributed by atoms with Crippen molar-refractivity contribution in [3.05, 3.63) is 34.9 Å². The van der Waals surface area contributed by atoms with Crippen LogP contribution in [0.25, 0.3) is 0 Å². The first-order valence-electron chi connectivity index (χ1n) is 7.91. The molecule has 0 bridgehead atoms. The van der Waals surface area contributed by atoms with Crippen LogP contribution in [0.3, 0.4) is 0 Å². The number of nitrogens with one attached hydrogen (secondary N) is 2. The highest BCUT2D eigenvalue weighted by Crippen LogP contribution is 2.43. The van der Waals surface area contributed by atoms with Gasteiger partial charge in [0.1, 0.15) is 0 Å². The minimum Gasteiger partial charge on any atom is -0.354 e. The number of amides is 1. The van der Waals surface area contributed by atoms with Crippen LogP contribution in [0, 0.1) is 5.92 Å². The first-order valence-corrected chi connectivity index (χ1v) is 8.29. The predicted octanol–water partition coefficient (Wildman–Crippen LogP) is 2.88. The Hall–Kier alpha value is -1.06. The van der Waals surface area contributed by atoms with Crippen LogP contribution in [0.4, 0.5) is 0 Å². The maximum Gasteiger partial charge on any atom is 0.233 e.